The molecule has 1 fully saturated rings. The van der Waals surface area contributed by atoms with Crippen molar-refractivity contribution in [3.8, 4) is 0 Å². The summed E-state index contributed by atoms with van der Waals surface area (Å²) in [5.41, 5.74) is 0. The van der Waals surface area contributed by atoms with Gasteiger partial charge in [0, 0.05) is 13.1 Å². The lowest BCUT2D eigenvalue weighted by Crippen LogP contribution is -2.45. The Morgan fingerprint density at radius 3 is 2.74 bits per heavy atom. The third-order valence-electron chi connectivity index (χ3n) is 3.27. The van der Waals surface area contributed by atoms with Crippen LogP contribution < -0.4 is 0 Å². The van der Waals surface area contributed by atoms with Crippen molar-refractivity contribution in [2.75, 3.05) is 32.0 Å². The Labute approximate surface area is 115 Å². The lowest BCUT2D eigenvalue weighted by atomic mass is 10.3. The van der Waals surface area contributed by atoms with Crippen LogP contribution in [0.3, 0.4) is 0 Å². The van der Waals surface area contributed by atoms with Crippen LogP contribution in [0.4, 0.5) is 0 Å². The summed E-state index contributed by atoms with van der Waals surface area (Å²) < 4.78 is 30.1. The molecule has 1 saturated heterocycles. The van der Waals surface area contributed by atoms with Crippen LogP contribution >= 0.6 is 0 Å². The highest BCUT2D eigenvalue weighted by Crippen LogP contribution is 2.15. The van der Waals surface area contributed by atoms with E-state index in [1.54, 1.807) is 24.3 Å². The van der Waals surface area contributed by atoms with E-state index in [0.29, 0.717) is 18.0 Å². The number of sulfone groups is 1. The van der Waals surface area contributed by atoms with Crippen molar-refractivity contribution >= 4 is 9.84 Å². The minimum atomic E-state index is -3.25. The summed E-state index contributed by atoms with van der Waals surface area (Å²) in [5.74, 6) is 0.0667. The fourth-order valence-corrected chi connectivity index (χ4v) is 3.82. The first-order valence-corrected chi connectivity index (χ1v) is 8.39. The summed E-state index contributed by atoms with van der Waals surface area (Å²) in [4.78, 5) is 2.65. The first-order chi connectivity index (χ1) is 9.12. The van der Waals surface area contributed by atoms with Crippen LogP contribution in [0, 0.1) is 0 Å². The normalized spacial score (nSPS) is 21.4. The van der Waals surface area contributed by atoms with E-state index in [9.17, 15) is 8.42 Å². The molecule has 5 heteroatoms. The van der Waals surface area contributed by atoms with Gasteiger partial charge in [-0.2, -0.15) is 0 Å². The number of rotatable bonds is 5. The molecule has 0 saturated carbocycles. The van der Waals surface area contributed by atoms with Gasteiger partial charge in [0.25, 0.3) is 0 Å². The molecule has 2 rings (SSSR count). The summed E-state index contributed by atoms with van der Waals surface area (Å²) in [6.45, 7) is 5.36. The van der Waals surface area contributed by atoms with Crippen molar-refractivity contribution < 1.29 is 13.2 Å². The number of hydrogen-bond donors (Lipinski definition) is 0. The highest BCUT2D eigenvalue weighted by molar-refractivity contribution is 7.91. The van der Waals surface area contributed by atoms with Crippen LogP contribution in [-0.4, -0.2) is 51.4 Å². The van der Waals surface area contributed by atoms with Gasteiger partial charge in [0.1, 0.15) is 0 Å². The molecule has 0 amide bonds. The van der Waals surface area contributed by atoms with Crippen molar-refractivity contribution in [2.45, 2.75) is 24.3 Å². The van der Waals surface area contributed by atoms with Gasteiger partial charge in [-0.15, -0.1) is 0 Å². The SMILES string of the molecule is CCCN1CCOC(CS(=O)(=O)c2ccccc2)C1. The minimum Gasteiger partial charge on any atom is -0.374 e. The average molecular weight is 283 g/mol. The first kappa shape index (κ1) is 14.5. The summed E-state index contributed by atoms with van der Waals surface area (Å²) in [7, 11) is -3.25. The molecule has 0 aromatic heterocycles. The highest BCUT2D eigenvalue weighted by Gasteiger charge is 2.26. The van der Waals surface area contributed by atoms with Crippen LogP contribution in [0.1, 0.15) is 13.3 Å². The minimum absolute atomic E-state index is 0.0667. The Kier molecular flexibility index (Phi) is 4.96. The first-order valence-electron chi connectivity index (χ1n) is 6.73. The molecule has 106 valence electrons. The number of hydrogen-bond acceptors (Lipinski definition) is 4. The number of nitrogens with zero attached hydrogens (tertiary/aromatic N) is 1. The summed E-state index contributed by atoms with van der Waals surface area (Å²) in [6, 6.07) is 8.60. The molecular weight excluding hydrogens is 262 g/mol. The van der Waals surface area contributed by atoms with Gasteiger partial charge in [0.2, 0.25) is 0 Å². The van der Waals surface area contributed by atoms with E-state index < -0.39 is 9.84 Å². The molecule has 4 nitrogen and oxygen atoms in total. The van der Waals surface area contributed by atoms with E-state index >= 15 is 0 Å². The molecule has 0 N–H and O–H groups in total. The maximum absolute atomic E-state index is 12.3. The van der Waals surface area contributed by atoms with E-state index in [4.69, 9.17) is 4.74 Å². The van der Waals surface area contributed by atoms with Crippen LogP contribution in [0.15, 0.2) is 35.2 Å². The average Bonchev–Trinajstić information content (AvgIpc) is 2.40. The van der Waals surface area contributed by atoms with Gasteiger partial charge >= 0.3 is 0 Å². The largest absolute Gasteiger partial charge is 0.374 e. The molecule has 0 aliphatic carbocycles. The summed E-state index contributed by atoms with van der Waals surface area (Å²) in [5, 5.41) is 0. The van der Waals surface area contributed by atoms with Crippen LogP contribution in [0.2, 0.25) is 0 Å². The number of morpholine rings is 1. The molecule has 1 aromatic rings. The zero-order valence-electron chi connectivity index (χ0n) is 11.3. The Hall–Kier alpha value is -0.910. The van der Waals surface area contributed by atoms with Crippen molar-refractivity contribution in [1.29, 1.82) is 0 Å². The molecule has 1 aliphatic rings. The Balaban J connectivity index is 2.00. The highest BCUT2D eigenvalue weighted by atomic mass is 32.2. The molecule has 1 aromatic carbocycles. The lowest BCUT2D eigenvalue weighted by Gasteiger charge is -2.32. The van der Waals surface area contributed by atoms with Gasteiger partial charge in [0.15, 0.2) is 9.84 Å². The summed E-state index contributed by atoms with van der Waals surface area (Å²) >= 11 is 0. The van der Waals surface area contributed by atoms with Gasteiger partial charge in [-0.05, 0) is 25.1 Å². The van der Waals surface area contributed by atoms with E-state index in [2.05, 4.69) is 11.8 Å². The molecule has 0 bridgehead atoms. The van der Waals surface area contributed by atoms with Crippen molar-refractivity contribution in [3.63, 3.8) is 0 Å². The smallest absolute Gasteiger partial charge is 0.180 e. The van der Waals surface area contributed by atoms with Gasteiger partial charge in [-0.3, -0.25) is 4.90 Å². The zero-order chi connectivity index (χ0) is 13.7. The van der Waals surface area contributed by atoms with Crippen molar-refractivity contribution in [3.05, 3.63) is 30.3 Å². The van der Waals surface area contributed by atoms with Crippen LogP contribution in [-0.2, 0) is 14.6 Å². The van der Waals surface area contributed by atoms with Gasteiger partial charge in [0.05, 0.1) is 23.4 Å². The standard InChI is InChI=1S/C14H21NO3S/c1-2-8-15-9-10-18-13(11-15)12-19(16,17)14-6-4-3-5-7-14/h3-7,13H,2,8-12H2,1H3. The number of benzene rings is 1. The molecule has 1 aliphatic heterocycles. The second kappa shape index (κ2) is 6.50. The Morgan fingerprint density at radius 1 is 1.32 bits per heavy atom. The Morgan fingerprint density at radius 2 is 2.05 bits per heavy atom. The van der Waals surface area contributed by atoms with Crippen molar-refractivity contribution in [2.24, 2.45) is 0 Å². The fraction of sp³-hybridized carbons (Fsp3) is 0.571. The molecule has 0 radical (unpaired) electrons. The quantitative estimate of drug-likeness (QED) is 0.823. The molecule has 1 atom stereocenters. The molecule has 1 unspecified atom stereocenters. The van der Waals surface area contributed by atoms with E-state index in [-0.39, 0.29) is 11.9 Å². The maximum atomic E-state index is 12.3. The van der Waals surface area contributed by atoms with Crippen LogP contribution in [0.25, 0.3) is 0 Å². The van der Waals surface area contributed by atoms with Gasteiger partial charge < -0.3 is 4.74 Å². The monoisotopic (exact) mass is 283 g/mol. The topological polar surface area (TPSA) is 46.6 Å². The predicted octanol–water partition coefficient (Wildman–Crippen LogP) is 1.57. The van der Waals surface area contributed by atoms with Gasteiger partial charge in [-0.1, -0.05) is 25.1 Å². The van der Waals surface area contributed by atoms with Crippen LogP contribution in [0.5, 0.6) is 0 Å². The van der Waals surface area contributed by atoms with E-state index in [1.165, 1.54) is 0 Å². The number of ether oxygens (including phenoxy) is 1. The fourth-order valence-electron chi connectivity index (χ4n) is 2.37. The second-order valence-corrected chi connectivity index (χ2v) is 6.92. The maximum Gasteiger partial charge on any atom is 0.180 e. The van der Waals surface area contributed by atoms with Gasteiger partial charge in [-0.25, -0.2) is 8.42 Å². The van der Waals surface area contributed by atoms with E-state index in [1.807, 2.05) is 6.07 Å². The third-order valence-corrected chi connectivity index (χ3v) is 5.07. The third kappa shape index (κ3) is 4.03. The lowest BCUT2D eigenvalue weighted by molar-refractivity contribution is -0.0163. The second-order valence-electron chi connectivity index (χ2n) is 4.89. The van der Waals surface area contributed by atoms with Crippen molar-refractivity contribution in [1.82, 2.24) is 4.90 Å². The molecule has 0 spiro atoms. The molecule has 1 heterocycles. The predicted molar refractivity (Wildman–Crippen MR) is 75.0 cm³/mol. The molecule has 19 heavy (non-hydrogen) atoms. The Bertz CT molecular complexity index is 485. The zero-order valence-corrected chi connectivity index (χ0v) is 12.1. The summed E-state index contributed by atoms with van der Waals surface area (Å²) in [6.07, 6.45) is 0.864. The molecular formula is C14H21NO3S. The van der Waals surface area contributed by atoms with E-state index in [0.717, 1.165) is 19.5 Å².